The fourth-order valence-corrected chi connectivity index (χ4v) is 3.16. The number of phosphoric ester groups is 1. The first kappa shape index (κ1) is 17.9. The minimum Gasteiger partial charge on any atom is -0.404 e. The number of carbonyl (C=O) groups is 1. The van der Waals surface area contributed by atoms with E-state index in [4.69, 9.17) is 13.6 Å². The number of hydrogen-bond donors (Lipinski definition) is 0. The van der Waals surface area contributed by atoms with Crippen LogP contribution in [-0.2, 0) is 23.8 Å². The monoisotopic (exact) mass is 314 g/mol. The highest BCUT2D eigenvalue weighted by atomic mass is 31.2. The van der Waals surface area contributed by atoms with Gasteiger partial charge in [-0.2, -0.15) is 0 Å². The van der Waals surface area contributed by atoms with Crippen molar-refractivity contribution in [3.05, 3.63) is 29.8 Å². The molecule has 5 nitrogen and oxygen atoms in total. The van der Waals surface area contributed by atoms with E-state index in [-0.39, 0.29) is 13.2 Å². The molecule has 6 heteroatoms. The average molecular weight is 314 g/mol. The highest BCUT2D eigenvalue weighted by Crippen LogP contribution is 2.51. The first-order valence-electron chi connectivity index (χ1n) is 7.00. The van der Waals surface area contributed by atoms with E-state index in [0.29, 0.717) is 12.2 Å². The molecule has 0 saturated carbocycles. The molecule has 0 aliphatic heterocycles. The van der Waals surface area contributed by atoms with Crippen LogP contribution in [-0.4, -0.2) is 19.5 Å². The first-order valence-corrected chi connectivity index (χ1v) is 8.46. The zero-order chi connectivity index (χ0) is 15.9. The number of phosphoric acid groups is 1. The van der Waals surface area contributed by atoms with Crippen LogP contribution >= 0.6 is 7.82 Å². The van der Waals surface area contributed by atoms with E-state index >= 15 is 0 Å². The lowest BCUT2D eigenvalue weighted by atomic mass is 9.81. The summed E-state index contributed by atoms with van der Waals surface area (Å²) in [5, 5.41) is 0. The van der Waals surface area contributed by atoms with Crippen LogP contribution in [0.25, 0.3) is 0 Å². The molecule has 0 unspecified atom stereocenters. The summed E-state index contributed by atoms with van der Waals surface area (Å²) in [6.07, 6.45) is 1.20. The van der Waals surface area contributed by atoms with Crippen molar-refractivity contribution in [1.82, 2.24) is 0 Å². The van der Waals surface area contributed by atoms with Crippen LogP contribution < -0.4 is 4.52 Å². The number of hydrogen-bond acceptors (Lipinski definition) is 5. The Morgan fingerprint density at radius 2 is 1.71 bits per heavy atom. The Bertz CT molecular complexity index is 503. The minimum atomic E-state index is -3.64. The number of aldehydes is 1. The van der Waals surface area contributed by atoms with Gasteiger partial charge in [0.1, 0.15) is 12.0 Å². The van der Waals surface area contributed by atoms with Crippen molar-refractivity contribution in [2.24, 2.45) is 0 Å². The molecule has 0 fully saturated rings. The van der Waals surface area contributed by atoms with E-state index < -0.39 is 13.2 Å². The standard InChI is InChI=1S/C15H23O5P/c1-5-18-21(17,19-6-2)20-14-10-8-7-9-13(14)15(3,4)11-12-16/h7-10,12H,5-6,11H2,1-4H3. The molecule has 1 aromatic rings. The molecule has 0 aliphatic rings. The van der Waals surface area contributed by atoms with Gasteiger partial charge in [-0.3, -0.25) is 9.05 Å². The first-order chi connectivity index (χ1) is 9.88. The quantitative estimate of drug-likeness (QED) is 0.507. The van der Waals surface area contributed by atoms with Crippen molar-refractivity contribution in [3.8, 4) is 5.75 Å². The third kappa shape index (κ3) is 4.95. The molecule has 0 heterocycles. The van der Waals surface area contributed by atoms with Gasteiger partial charge in [-0.15, -0.1) is 0 Å². The minimum absolute atomic E-state index is 0.219. The van der Waals surface area contributed by atoms with Gasteiger partial charge in [0.25, 0.3) is 0 Å². The van der Waals surface area contributed by atoms with E-state index in [2.05, 4.69) is 0 Å². The van der Waals surface area contributed by atoms with Gasteiger partial charge >= 0.3 is 7.82 Å². The summed E-state index contributed by atoms with van der Waals surface area (Å²) < 4.78 is 28.3. The van der Waals surface area contributed by atoms with Crippen LogP contribution in [0.15, 0.2) is 24.3 Å². The highest BCUT2D eigenvalue weighted by molar-refractivity contribution is 7.48. The summed E-state index contributed by atoms with van der Waals surface area (Å²) in [6.45, 7) is 7.73. The number of carbonyl (C=O) groups excluding carboxylic acids is 1. The fourth-order valence-electron chi connectivity index (χ4n) is 1.95. The Labute approximate surface area is 126 Å². The Morgan fingerprint density at radius 3 is 2.24 bits per heavy atom. The topological polar surface area (TPSA) is 61.8 Å². The molecule has 0 aromatic heterocycles. The molecule has 0 N–H and O–H groups in total. The van der Waals surface area contributed by atoms with Gasteiger partial charge in [-0.05, 0) is 25.3 Å². The molecule has 0 atom stereocenters. The average Bonchev–Trinajstić information content (AvgIpc) is 2.39. The number of benzene rings is 1. The molecule has 0 radical (unpaired) electrons. The predicted molar refractivity (Wildman–Crippen MR) is 81.6 cm³/mol. The molecule has 118 valence electrons. The summed E-state index contributed by atoms with van der Waals surface area (Å²) in [6, 6.07) is 7.17. The largest absolute Gasteiger partial charge is 0.530 e. The van der Waals surface area contributed by atoms with Crippen LogP contribution in [0.4, 0.5) is 0 Å². The van der Waals surface area contributed by atoms with Crippen molar-refractivity contribution in [1.29, 1.82) is 0 Å². The lowest BCUT2D eigenvalue weighted by molar-refractivity contribution is -0.108. The van der Waals surface area contributed by atoms with E-state index in [0.717, 1.165) is 11.8 Å². The lowest BCUT2D eigenvalue weighted by Crippen LogP contribution is -2.19. The second kappa shape index (κ2) is 7.74. The van der Waals surface area contributed by atoms with E-state index in [1.54, 1.807) is 26.0 Å². The van der Waals surface area contributed by atoms with Crippen LogP contribution in [0.3, 0.4) is 0 Å². The van der Waals surface area contributed by atoms with Crippen LogP contribution in [0, 0.1) is 0 Å². The van der Waals surface area contributed by atoms with Gasteiger partial charge in [-0.25, -0.2) is 4.57 Å². The van der Waals surface area contributed by atoms with Gasteiger partial charge in [0.05, 0.1) is 13.2 Å². The van der Waals surface area contributed by atoms with Crippen LogP contribution in [0.5, 0.6) is 5.75 Å². The Hall–Kier alpha value is -1.16. The molecule has 0 spiro atoms. The van der Waals surface area contributed by atoms with E-state index in [9.17, 15) is 9.36 Å². The maximum atomic E-state index is 12.5. The molecular weight excluding hydrogens is 291 g/mol. The van der Waals surface area contributed by atoms with Crippen molar-refractivity contribution in [3.63, 3.8) is 0 Å². The Balaban J connectivity index is 3.13. The molecule has 0 amide bonds. The van der Waals surface area contributed by atoms with Crippen molar-refractivity contribution < 1.29 is 22.9 Å². The molecule has 0 bridgehead atoms. The summed E-state index contributed by atoms with van der Waals surface area (Å²) in [7, 11) is -3.64. The predicted octanol–water partition coefficient (Wildman–Crippen LogP) is 4.11. The van der Waals surface area contributed by atoms with E-state index in [1.807, 2.05) is 26.0 Å². The van der Waals surface area contributed by atoms with Crippen molar-refractivity contribution >= 4 is 14.1 Å². The highest BCUT2D eigenvalue weighted by Gasteiger charge is 2.31. The molecule has 0 aliphatic carbocycles. The van der Waals surface area contributed by atoms with Gasteiger partial charge < -0.3 is 9.32 Å². The van der Waals surface area contributed by atoms with Crippen molar-refractivity contribution in [2.45, 2.75) is 39.5 Å². The SMILES string of the molecule is CCOP(=O)(OCC)Oc1ccccc1C(C)(C)CC=O. The molecule has 0 saturated heterocycles. The maximum absolute atomic E-state index is 12.5. The molecular formula is C15H23O5P. The van der Waals surface area contributed by atoms with Gasteiger partial charge in [0, 0.05) is 12.0 Å². The zero-order valence-electron chi connectivity index (χ0n) is 13.0. The smallest absolute Gasteiger partial charge is 0.404 e. The van der Waals surface area contributed by atoms with Gasteiger partial charge in [0.15, 0.2) is 0 Å². The van der Waals surface area contributed by atoms with Crippen molar-refractivity contribution in [2.75, 3.05) is 13.2 Å². The van der Waals surface area contributed by atoms with Crippen LogP contribution in [0.2, 0.25) is 0 Å². The summed E-state index contributed by atoms with van der Waals surface area (Å²) in [5.74, 6) is 0.412. The van der Waals surface area contributed by atoms with E-state index in [1.165, 1.54) is 0 Å². The Kier molecular flexibility index (Phi) is 6.59. The van der Waals surface area contributed by atoms with Gasteiger partial charge in [-0.1, -0.05) is 32.0 Å². The lowest BCUT2D eigenvalue weighted by Gasteiger charge is -2.26. The molecule has 1 rings (SSSR count). The second-order valence-corrected chi connectivity index (χ2v) is 6.72. The summed E-state index contributed by atoms with van der Waals surface area (Å²) >= 11 is 0. The normalized spacial score (nSPS) is 12.2. The zero-order valence-corrected chi connectivity index (χ0v) is 13.9. The summed E-state index contributed by atoms with van der Waals surface area (Å²) in [4.78, 5) is 10.9. The third-order valence-corrected chi connectivity index (χ3v) is 4.56. The van der Waals surface area contributed by atoms with Crippen LogP contribution in [0.1, 0.15) is 39.7 Å². The fraction of sp³-hybridized carbons (Fsp3) is 0.533. The number of rotatable bonds is 9. The summed E-state index contributed by atoms with van der Waals surface area (Å²) in [5.41, 5.74) is 0.360. The second-order valence-electron chi connectivity index (χ2n) is 5.12. The Morgan fingerprint density at radius 1 is 1.14 bits per heavy atom. The number of para-hydroxylation sites is 1. The molecule has 1 aromatic carbocycles. The molecule has 21 heavy (non-hydrogen) atoms. The van der Waals surface area contributed by atoms with Gasteiger partial charge in [0.2, 0.25) is 0 Å². The maximum Gasteiger partial charge on any atom is 0.530 e. The third-order valence-electron chi connectivity index (χ3n) is 2.99.